The second kappa shape index (κ2) is 6.84. The number of aliphatic hydroxyl groups is 1. The van der Waals surface area contributed by atoms with Crippen LogP contribution >= 0.6 is 0 Å². The lowest BCUT2D eigenvalue weighted by Crippen LogP contribution is -2.37. The van der Waals surface area contributed by atoms with Gasteiger partial charge in [-0.1, -0.05) is 12.1 Å². The Balaban J connectivity index is 1.89. The Bertz CT molecular complexity index is 733. The predicted molar refractivity (Wildman–Crippen MR) is 90.9 cm³/mol. The smallest absolute Gasteiger partial charge is 0.335 e. The zero-order valence-electron chi connectivity index (χ0n) is 13.2. The first-order valence-corrected chi connectivity index (χ1v) is 7.91. The summed E-state index contributed by atoms with van der Waals surface area (Å²) in [7, 11) is 0. The normalized spacial score (nSPS) is 17.7. The summed E-state index contributed by atoms with van der Waals surface area (Å²) >= 11 is 0. The van der Waals surface area contributed by atoms with Crippen LogP contribution in [0.25, 0.3) is 11.3 Å². The molecule has 1 aromatic heterocycles. The van der Waals surface area contributed by atoms with Gasteiger partial charge in [-0.2, -0.15) is 4.98 Å². The standard InChI is InChI=1S/C17H20N4O3/c18-17-19-14(12-3-5-13(6-4-12)16(23)24)8-15(20-17)21-7-1-2-11(9-21)10-22/h3-6,8,11,22H,1-2,7,9-10H2,(H,23,24)(H2,18,19,20). The van der Waals surface area contributed by atoms with Crippen LogP contribution in [0.15, 0.2) is 30.3 Å². The second-order valence-corrected chi connectivity index (χ2v) is 5.99. The quantitative estimate of drug-likeness (QED) is 0.782. The number of rotatable bonds is 4. The number of nitrogens with two attached hydrogens (primary N) is 1. The summed E-state index contributed by atoms with van der Waals surface area (Å²) in [6.45, 7) is 1.77. The van der Waals surface area contributed by atoms with E-state index in [1.165, 1.54) is 0 Å². The molecule has 4 N–H and O–H groups in total. The number of aliphatic hydroxyl groups excluding tert-OH is 1. The summed E-state index contributed by atoms with van der Waals surface area (Å²) < 4.78 is 0. The molecule has 1 unspecified atom stereocenters. The molecule has 1 fully saturated rings. The minimum atomic E-state index is -0.965. The summed E-state index contributed by atoms with van der Waals surface area (Å²) in [6.07, 6.45) is 2.01. The van der Waals surface area contributed by atoms with E-state index >= 15 is 0 Å². The number of hydrogen-bond donors (Lipinski definition) is 3. The van der Waals surface area contributed by atoms with Crippen LogP contribution in [-0.4, -0.2) is 45.8 Å². The molecule has 1 atom stereocenters. The highest BCUT2D eigenvalue weighted by molar-refractivity contribution is 5.88. The second-order valence-electron chi connectivity index (χ2n) is 5.99. The van der Waals surface area contributed by atoms with E-state index in [9.17, 15) is 9.90 Å². The molecule has 24 heavy (non-hydrogen) atoms. The van der Waals surface area contributed by atoms with Crippen molar-refractivity contribution in [2.75, 3.05) is 30.3 Å². The first-order chi connectivity index (χ1) is 11.6. The highest BCUT2D eigenvalue weighted by atomic mass is 16.4. The number of nitrogens with zero attached hydrogens (tertiary/aromatic N) is 3. The molecule has 7 heteroatoms. The van der Waals surface area contributed by atoms with Gasteiger partial charge < -0.3 is 20.8 Å². The van der Waals surface area contributed by atoms with E-state index in [0.717, 1.165) is 37.3 Å². The fourth-order valence-corrected chi connectivity index (χ4v) is 2.97. The van der Waals surface area contributed by atoms with Gasteiger partial charge in [0.05, 0.1) is 11.3 Å². The maximum Gasteiger partial charge on any atom is 0.335 e. The molecule has 1 saturated heterocycles. The van der Waals surface area contributed by atoms with Gasteiger partial charge in [-0.05, 0) is 30.9 Å². The van der Waals surface area contributed by atoms with Gasteiger partial charge in [0.15, 0.2) is 0 Å². The molecule has 0 radical (unpaired) electrons. The lowest BCUT2D eigenvalue weighted by Gasteiger charge is -2.32. The number of hydrogen-bond acceptors (Lipinski definition) is 6. The van der Waals surface area contributed by atoms with Crippen LogP contribution in [0, 0.1) is 5.92 Å². The van der Waals surface area contributed by atoms with E-state index < -0.39 is 5.97 Å². The van der Waals surface area contributed by atoms with Crippen LogP contribution in [-0.2, 0) is 0 Å². The molecule has 2 heterocycles. The maximum absolute atomic E-state index is 10.9. The molecule has 0 amide bonds. The van der Waals surface area contributed by atoms with Crippen LogP contribution in [0.3, 0.4) is 0 Å². The number of carboxylic acids is 1. The van der Waals surface area contributed by atoms with Crippen molar-refractivity contribution in [3.05, 3.63) is 35.9 Å². The molecule has 126 valence electrons. The molecule has 0 aliphatic carbocycles. The lowest BCUT2D eigenvalue weighted by atomic mass is 9.99. The Morgan fingerprint density at radius 3 is 2.71 bits per heavy atom. The minimum absolute atomic E-state index is 0.167. The van der Waals surface area contributed by atoms with Gasteiger partial charge >= 0.3 is 5.97 Å². The lowest BCUT2D eigenvalue weighted by molar-refractivity contribution is 0.0697. The van der Waals surface area contributed by atoms with Crippen molar-refractivity contribution in [2.24, 2.45) is 5.92 Å². The number of carbonyl (C=O) groups is 1. The number of aromatic nitrogens is 2. The van der Waals surface area contributed by atoms with Gasteiger partial charge in [-0.3, -0.25) is 0 Å². The summed E-state index contributed by atoms with van der Waals surface area (Å²) in [5.74, 6) is 0.190. The van der Waals surface area contributed by atoms with Gasteiger partial charge in [0, 0.05) is 31.3 Å². The van der Waals surface area contributed by atoms with Gasteiger partial charge in [0.1, 0.15) is 5.82 Å². The Kier molecular flexibility index (Phi) is 4.61. The SMILES string of the molecule is Nc1nc(-c2ccc(C(=O)O)cc2)cc(N2CCCC(CO)C2)n1. The number of nitrogen functional groups attached to an aromatic ring is 1. The summed E-state index contributed by atoms with van der Waals surface area (Å²) in [4.78, 5) is 21.6. The Morgan fingerprint density at radius 2 is 2.04 bits per heavy atom. The fraction of sp³-hybridized carbons (Fsp3) is 0.353. The van der Waals surface area contributed by atoms with E-state index in [-0.39, 0.29) is 24.0 Å². The van der Waals surface area contributed by atoms with Crippen molar-refractivity contribution < 1.29 is 15.0 Å². The molecule has 0 bridgehead atoms. The van der Waals surface area contributed by atoms with Gasteiger partial charge in [-0.15, -0.1) is 0 Å². The predicted octanol–water partition coefficient (Wildman–Crippen LogP) is 1.63. The zero-order valence-corrected chi connectivity index (χ0v) is 13.2. The highest BCUT2D eigenvalue weighted by Gasteiger charge is 2.21. The average Bonchev–Trinajstić information content (AvgIpc) is 2.61. The first kappa shape index (κ1) is 16.2. The third-order valence-electron chi connectivity index (χ3n) is 4.26. The molecule has 1 aliphatic heterocycles. The molecule has 1 aromatic carbocycles. The number of carboxylic acid groups (broad SMARTS) is 1. The Hall–Kier alpha value is -2.67. The van der Waals surface area contributed by atoms with Gasteiger partial charge in [0.25, 0.3) is 0 Å². The topological polar surface area (TPSA) is 113 Å². The molecule has 7 nitrogen and oxygen atoms in total. The van der Waals surface area contributed by atoms with Crippen molar-refractivity contribution in [2.45, 2.75) is 12.8 Å². The number of benzene rings is 1. The Morgan fingerprint density at radius 1 is 1.29 bits per heavy atom. The highest BCUT2D eigenvalue weighted by Crippen LogP contribution is 2.26. The van der Waals surface area contributed by atoms with Gasteiger partial charge in [-0.25, -0.2) is 9.78 Å². The van der Waals surface area contributed by atoms with Crippen molar-refractivity contribution >= 4 is 17.7 Å². The first-order valence-electron chi connectivity index (χ1n) is 7.91. The maximum atomic E-state index is 10.9. The Labute approximate surface area is 139 Å². The van der Waals surface area contributed by atoms with E-state index in [1.54, 1.807) is 24.3 Å². The molecule has 1 aliphatic rings. The van der Waals surface area contributed by atoms with E-state index in [2.05, 4.69) is 14.9 Å². The van der Waals surface area contributed by atoms with Crippen LogP contribution in [0.2, 0.25) is 0 Å². The van der Waals surface area contributed by atoms with Crippen LogP contribution < -0.4 is 10.6 Å². The van der Waals surface area contributed by atoms with Gasteiger partial charge in [0.2, 0.25) is 5.95 Å². The van der Waals surface area contributed by atoms with Crippen LogP contribution in [0.5, 0.6) is 0 Å². The van der Waals surface area contributed by atoms with E-state index in [0.29, 0.717) is 5.69 Å². The summed E-state index contributed by atoms with van der Waals surface area (Å²) in [6, 6.07) is 8.35. The third kappa shape index (κ3) is 3.46. The van der Waals surface area contributed by atoms with E-state index in [4.69, 9.17) is 10.8 Å². The van der Waals surface area contributed by atoms with E-state index in [1.807, 2.05) is 6.07 Å². The number of piperidine rings is 1. The zero-order chi connectivity index (χ0) is 17.1. The monoisotopic (exact) mass is 328 g/mol. The third-order valence-corrected chi connectivity index (χ3v) is 4.26. The number of anilines is 2. The molecule has 0 saturated carbocycles. The fourth-order valence-electron chi connectivity index (χ4n) is 2.97. The summed E-state index contributed by atoms with van der Waals surface area (Å²) in [5.41, 5.74) is 7.52. The van der Waals surface area contributed by atoms with Crippen LogP contribution in [0.1, 0.15) is 23.2 Å². The average molecular weight is 328 g/mol. The minimum Gasteiger partial charge on any atom is -0.478 e. The molecular formula is C17H20N4O3. The molecule has 2 aromatic rings. The number of aromatic carboxylic acids is 1. The van der Waals surface area contributed by atoms with Crippen molar-refractivity contribution in [1.29, 1.82) is 0 Å². The molecular weight excluding hydrogens is 308 g/mol. The molecule has 0 spiro atoms. The molecule has 3 rings (SSSR count). The van der Waals surface area contributed by atoms with Crippen molar-refractivity contribution in [1.82, 2.24) is 9.97 Å². The van der Waals surface area contributed by atoms with Crippen LogP contribution in [0.4, 0.5) is 11.8 Å². The van der Waals surface area contributed by atoms with Crippen molar-refractivity contribution in [3.8, 4) is 11.3 Å². The van der Waals surface area contributed by atoms with Crippen molar-refractivity contribution in [3.63, 3.8) is 0 Å². The largest absolute Gasteiger partial charge is 0.478 e. The summed E-state index contributed by atoms with van der Waals surface area (Å²) in [5, 5.41) is 18.4.